The molecule has 0 aromatic heterocycles. The summed E-state index contributed by atoms with van der Waals surface area (Å²) in [6.45, 7) is 7.82. The summed E-state index contributed by atoms with van der Waals surface area (Å²) in [5, 5.41) is 39.6. The molecule has 6 N–H and O–H groups in total. The van der Waals surface area contributed by atoms with Crippen molar-refractivity contribution in [1.29, 1.82) is 0 Å². The maximum atomic E-state index is 13.9. The number of amides is 3. The number of carboxylic acids is 1. The average Bonchev–Trinajstić information content (AvgIpc) is 2.88. The first-order valence-corrected chi connectivity index (χ1v) is 13.0. The van der Waals surface area contributed by atoms with Crippen LogP contribution in [0, 0.1) is 11.8 Å². The van der Waals surface area contributed by atoms with E-state index in [2.05, 4.69) is 15.6 Å². The van der Waals surface area contributed by atoms with Crippen LogP contribution in [0.15, 0.2) is 47.7 Å². The van der Waals surface area contributed by atoms with E-state index in [-0.39, 0.29) is 31.2 Å². The van der Waals surface area contributed by atoms with E-state index in [0.29, 0.717) is 12.8 Å². The second-order valence-corrected chi connectivity index (χ2v) is 9.98. The van der Waals surface area contributed by atoms with Crippen molar-refractivity contribution in [3.05, 3.63) is 48.3 Å². The molecule has 0 fully saturated rings. The van der Waals surface area contributed by atoms with E-state index in [0.717, 1.165) is 5.56 Å². The highest BCUT2D eigenvalue weighted by Gasteiger charge is 2.39. The van der Waals surface area contributed by atoms with Gasteiger partial charge in [0.1, 0.15) is 12.1 Å². The van der Waals surface area contributed by atoms with Gasteiger partial charge in [0.2, 0.25) is 12.3 Å². The van der Waals surface area contributed by atoms with Crippen molar-refractivity contribution in [3.63, 3.8) is 0 Å². The number of aliphatic imine (C=N–C) groups is 1. The Bertz CT molecular complexity index is 1000. The number of aliphatic carboxylic acids is 1. The van der Waals surface area contributed by atoms with E-state index in [1.54, 1.807) is 12.4 Å². The molecule has 14 heteroatoms. The van der Waals surface area contributed by atoms with Gasteiger partial charge in [-0.05, 0) is 30.2 Å². The second kappa shape index (κ2) is 17.8. The van der Waals surface area contributed by atoms with E-state index >= 15 is 0 Å². The summed E-state index contributed by atoms with van der Waals surface area (Å²) in [5.41, 5.74) is 0.848. The summed E-state index contributed by atoms with van der Waals surface area (Å²) in [7, 11) is -2.17. The third kappa shape index (κ3) is 12.4. The maximum absolute atomic E-state index is 13.9. The average molecular weight is 561 g/mol. The van der Waals surface area contributed by atoms with E-state index in [1.807, 2.05) is 58.0 Å². The minimum atomic E-state index is -2.17. The monoisotopic (exact) mass is 561 g/mol. The Morgan fingerprint density at radius 2 is 1.65 bits per heavy atom. The second-order valence-electron chi connectivity index (χ2n) is 9.98. The van der Waals surface area contributed by atoms with Gasteiger partial charge in [0.25, 0.3) is 5.91 Å². The van der Waals surface area contributed by atoms with Crippen molar-refractivity contribution < 1.29 is 39.4 Å². The van der Waals surface area contributed by atoms with Gasteiger partial charge in [0.15, 0.2) is 6.04 Å². The minimum absolute atomic E-state index is 0.00835. The van der Waals surface area contributed by atoms with Gasteiger partial charge < -0.3 is 30.8 Å². The molecule has 0 saturated heterocycles. The molecule has 13 nitrogen and oxygen atoms in total. The van der Waals surface area contributed by atoms with E-state index < -0.39 is 43.2 Å². The lowest BCUT2D eigenvalue weighted by Crippen LogP contribution is -2.61. The van der Waals surface area contributed by atoms with E-state index in [1.165, 1.54) is 16.2 Å². The van der Waals surface area contributed by atoms with Crippen molar-refractivity contribution in [2.24, 2.45) is 16.8 Å². The molecule has 1 aliphatic heterocycles. The van der Waals surface area contributed by atoms with Gasteiger partial charge in [-0.3, -0.25) is 24.4 Å². The van der Waals surface area contributed by atoms with E-state index in [9.17, 15) is 24.3 Å². The number of rotatable bonds is 14. The molecule has 1 aromatic carbocycles. The van der Waals surface area contributed by atoms with Crippen molar-refractivity contribution in [2.45, 2.75) is 65.1 Å². The molecule has 1 aliphatic rings. The molecule has 3 amide bonds. The molecule has 1 aromatic rings. The highest BCUT2D eigenvalue weighted by Crippen LogP contribution is 2.20. The van der Waals surface area contributed by atoms with Crippen LogP contribution in [0.1, 0.15) is 46.1 Å². The Hall–Kier alpha value is -3.75. The van der Waals surface area contributed by atoms with Crippen LogP contribution in [0.4, 0.5) is 0 Å². The van der Waals surface area contributed by atoms with E-state index in [4.69, 9.17) is 15.1 Å². The number of benzene rings is 1. The highest BCUT2D eigenvalue weighted by molar-refractivity contribution is 6.30. The van der Waals surface area contributed by atoms with Gasteiger partial charge in [-0.25, -0.2) is 9.80 Å². The standard InChI is InChI=1S/C26H37N5O5.BH3O3/c1-18(2)14-22(29-24(33)21(28-17-32)16-20-8-6-5-7-9-20)25(34)31(30-12-10-27-11-13-30)23(26(35)36)15-19(3)4;2-1(3)4/h5-12,17-19,21-23H,13-16H2,1-4H3,(H,28,32)(H,29,33)(H,35,36);2-4H/t21-,22-,23-;/m0./s1. The smallest absolute Gasteiger partial charge is 0.480 e. The molecule has 0 radical (unpaired) electrons. The number of hydrogen-bond donors (Lipinski definition) is 6. The summed E-state index contributed by atoms with van der Waals surface area (Å²) in [5.74, 6) is -2.15. The summed E-state index contributed by atoms with van der Waals surface area (Å²) >= 11 is 0. The number of carbonyl (C=O) groups is 4. The van der Waals surface area contributed by atoms with Crippen LogP contribution < -0.4 is 10.6 Å². The van der Waals surface area contributed by atoms with Crippen LogP contribution in [-0.2, 0) is 25.6 Å². The largest absolute Gasteiger partial charge is 0.631 e. The third-order valence-electron chi connectivity index (χ3n) is 5.67. The molecule has 0 spiro atoms. The summed E-state index contributed by atoms with van der Waals surface area (Å²) < 4.78 is 0. The molecule has 3 atom stereocenters. The van der Waals surface area contributed by atoms with Crippen LogP contribution in [-0.4, -0.2) is 92.6 Å². The van der Waals surface area contributed by atoms with Crippen LogP contribution in [0.2, 0.25) is 0 Å². The van der Waals surface area contributed by atoms with Gasteiger partial charge >= 0.3 is 13.3 Å². The Balaban J connectivity index is 0.00000187. The Kier molecular flexibility index (Phi) is 15.2. The van der Waals surface area contributed by atoms with Gasteiger partial charge in [0.05, 0.1) is 6.54 Å². The van der Waals surface area contributed by atoms with Gasteiger partial charge in [-0.2, -0.15) is 0 Å². The van der Waals surface area contributed by atoms with Crippen LogP contribution in [0.5, 0.6) is 0 Å². The first-order chi connectivity index (χ1) is 18.9. The fraction of sp³-hybridized carbons (Fsp3) is 0.500. The highest BCUT2D eigenvalue weighted by atomic mass is 16.5. The molecule has 0 unspecified atom stereocenters. The minimum Gasteiger partial charge on any atom is -0.480 e. The predicted octanol–water partition coefficient (Wildman–Crippen LogP) is -0.0767. The summed E-state index contributed by atoms with van der Waals surface area (Å²) in [6.07, 6.45) is 5.84. The first-order valence-electron chi connectivity index (χ1n) is 13.0. The Morgan fingerprint density at radius 1 is 1.05 bits per heavy atom. The fourth-order valence-corrected chi connectivity index (χ4v) is 4.02. The number of hydrogen-bond acceptors (Lipinski definition) is 9. The molecule has 0 bridgehead atoms. The summed E-state index contributed by atoms with van der Waals surface area (Å²) in [6, 6.07) is 6.20. The molecule has 0 saturated carbocycles. The fourth-order valence-electron chi connectivity index (χ4n) is 4.02. The molecule has 0 aliphatic carbocycles. The van der Waals surface area contributed by atoms with Gasteiger partial charge in [-0.15, -0.1) is 0 Å². The third-order valence-corrected chi connectivity index (χ3v) is 5.67. The molecule has 40 heavy (non-hydrogen) atoms. The lowest BCUT2D eigenvalue weighted by molar-refractivity contribution is -0.166. The Labute approximate surface area is 234 Å². The zero-order valence-electron chi connectivity index (χ0n) is 23.3. The Morgan fingerprint density at radius 3 is 2.12 bits per heavy atom. The number of nitrogens with zero attached hydrogens (tertiary/aromatic N) is 3. The zero-order chi connectivity index (χ0) is 30.2. The van der Waals surface area contributed by atoms with Crippen LogP contribution >= 0.6 is 0 Å². The van der Waals surface area contributed by atoms with Crippen molar-refractivity contribution >= 4 is 37.7 Å². The lowest BCUT2D eigenvalue weighted by atomic mass is 9.99. The SMILES string of the molecule is CC(C)C[C@H](NC(=O)[C@H](Cc1ccccc1)NC=O)C(=O)N([C@@H](CC(C)C)C(=O)O)N1C=CN=CC1.OB(O)O. The van der Waals surface area contributed by atoms with Crippen molar-refractivity contribution in [1.82, 2.24) is 20.7 Å². The van der Waals surface area contributed by atoms with Crippen molar-refractivity contribution in [2.75, 3.05) is 6.54 Å². The van der Waals surface area contributed by atoms with Gasteiger partial charge in [-0.1, -0.05) is 58.0 Å². The molecule has 1 heterocycles. The van der Waals surface area contributed by atoms with Crippen LogP contribution in [0.25, 0.3) is 0 Å². The quantitative estimate of drug-likeness (QED) is 0.133. The maximum Gasteiger partial charge on any atom is 0.631 e. The number of carboxylic acid groups (broad SMARTS) is 1. The number of hydrazine groups is 1. The van der Waals surface area contributed by atoms with Crippen molar-refractivity contribution in [3.8, 4) is 0 Å². The number of nitrogens with one attached hydrogen (secondary N) is 2. The first kappa shape index (κ1) is 34.3. The molecular formula is C26H40BN5O8. The normalized spacial score (nSPS) is 14.5. The van der Waals surface area contributed by atoms with Gasteiger partial charge in [0, 0.05) is 25.0 Å². The molecule has 2 rings (SSSR count). The molecular weight excluding hydrogens is 521 g/mol. The van der Waals surface area contributed by atoms with Crippen LogP contribution in [0.3, 0.4) is 0 Å². The molecule has 220 valence electrons. The number of carbonyl (C=O) groups excluding carboxylic acids is 3. The predicted molar refractivity (Wildman–Crippen MR) is 149 cm³/mol. The summed E-state index contributed by atoms with van der Waals surface area (Å²) in [4.78, 5) is 54.7. The zero-order valence-corrected chi connectivity index (χ0v) is 23.3. The topological polar surface area (TPSA) is 192 Å². The lowest BCUT2D eigenvalue weighted by Gasteiger charge is -2.40.